The van der Waals surface area contributed by atoms with Crippen LogP contribution < -0.4 is 15.5 Å². The van der Waals surface area contributed by atoms with E-state index in [0.29, 0.717) is 6.54 Å². The van der Waals surface area contributed by atoms with Gasteiger partial charge in [0.15, 0.2) is 5.96 Å². The normalized spacial score (nSPS) is 16.1. The Labute approximate surface area is 187 Å². The molecule has 154 valence electrons. The molecule has 3 aromatic rings. The van der Waals surface area contributed by atoms with Crippen molar-refractivity contribution in [2.75, 3.05) is 26.0 Å². The Kier molecular flexibility index (Phi) is 6.88. The largest absolute Gasteiger partial charge is 0.363 e. The first-order valence-corrected chi connectivity index (χ1v) is 9.54. The van der Waals surface area contributed by atoms with Gasteiger partial charge >= 0.3 is 0 Å². The lowest BCUT2D eigenvalue weighted by Gasteiger charge is -2.25. The molecule has 8 nitrogen and oxygen atoms in total. The quantitative estimate of drug-likeness (QED) is 0.321. The molecule has 4 rings (SSSR count). The summed E-state index contributed by atoms with van der Waals surface area (Å²) in [6, 6.07) is 10.7. The summed E-state index contributed by atoms with van der Waals surface area (Å²) in [6.07, 6.45) is 3.57. The summed E-state index contributed by atoms with van der Waals surface area (Å²) in [4.78, 5) is 15.4. The van der Waals surface area contributed by atoms with E-state index in [1.165, 1.54) is 5.56 Å². The monoisotopic (exact) mass is 506 g/mol. The van der Waals surface area contributed by atoms with Crippen LogP contribution in [0.1, 0.15) is 17.8 Å². The van der Waals surface area contributed by atoms with E-state index >= 15 is 0 Å². The van der Waals surface area contributed by atoms with Gasteiger partial charge in [-0.3, -0.25) is 4.99 Å². The molecule has 9 heteroatoms. The van der Waals surface area contributed by atoms with E-state index in [1.54, 1.807) is 13.4 Å². The molecule has 0 saturated carbocycles. The van der Waals surface area contributed by atoms with Crippen LogP contribution in [0.15, 0.2) is 41.7 Å². The molecule has 1 aliphatic rings. The minimum Gasteiger partial charge on any atom is -0.363 e. The van der Waals surface area contributed by atoms with Crippen LogP contribution in [0.4, 0.5) is 5.82 Å². The number of pyridine rings is 1. The molecule has 0 fully saturated rings. The summed E-state index contributed by atoms with van der Waals surface area (Å²) in [5.74, 6) is 2.80. The lowest BCUT2D eigenvalue weighted by Crippen LogP contribution is -2.46. The third-order valence-electron chi connectivity index (χ3n) is 5.06. The molecule has 1 atom stereocenters. The molecule has 29 heavy (non-hydrogen) atoms. The number of anilines is 1. The van der Waals surface area contributed by atoms with E-state index in [0.717, 1.165) is 47.9 Å². The van der Waals surface area contributed by atoms with E-state index in [-0.39, 0.29) is 30.0 Å². The standard InChI is InChI=1S/C20H26N8.HI/c1-21-20(25-15-8-9-18-23-13-24-28(18)12-15)22-11-14-10-19(27(2)3)26-17-7-5-4-6-16(14)17;/h4-7,10,13,15H,8-9,11-12H2,1-3H3,(H2,21,22,25);1H. The van der Waals surface area contributed by atoms with Gasteiger partial charge in [-0.15, -0.1) is 24.0 Å². The molecule has 0 saturated heterocycles. The van der Waals surface area contributed by atoms with Crippen LogP contribution >= 0.6 is 24.0 Å². The van der Waals surface area contributed by atoms with Gasteiger partial charge in [-0.05, 0) is 24.1 Å². The molecule has 0 bridgehead atoms. The molecule has 0 aliphatic carbocycles. The third-order valence-corrected chi connectivity index (χ3v) is 5.06. The maximum Gasteiger partial charge on any atom is 0.191 e. The van der Waals surface area contributed by atoms with Gasteiger partial charge in [0, 0.05) is 45.5 Å². The number of aliphatic imine (C=N–C) groups is 1. The topological polar surface area (TPSA) is 83.3 Å². The van der Waals surface area contributed by atoms with Crippen LogP contribution in [-0.2, 0) is 19.5 Å². The van der Waals surface area contributed by atoms with E-state index in [2.05, 4.69) is 43.9 Å². The fourth-order valence-electron chi connectivity index (χ4n) is 3.53. The highest BCUT2D eigenvalue weighted by Crippen LogP contribution is 2.22. The summed E-state index contributed by atoms with van der Waals surface area (Å²) in [6.45, 7) is 1.48. The van der Waals surface area contributed by atoms with Crippen LogP contribution in [-0.4, -0.2) is 52.9 Å². The second-order valence-corrected chi connectivity index (χ2v) is 7.22. The van der Waals surface area contributed by atoms with Gasteiger partial charge in [0.2, 0.25) is 0 Å². The van der Waals surface area contributed by atoms with Crippen molar-refractivity contribution in [1.82, 2.24) is 30.4 Å². The number of hydrogen-bond donors (Lipinski definition) is 2. The van der Waals surface area contributed by atoms with Crippen molar-refractivity contribution in [2.45, 2.75) is 32.0 Å². The lowest BCUT2D eigenvalue weighted by molar-refractivity contribution is 0.392. The van der Waals surface area contributed by atoms with E-state index in [1.807, 2.05) is 35.8 Å². The number of para-hydroxylation sites is 1. The van der Waals surface area contributed by atoms with Crippen molar-refractivity contribution in [3.05, 3.63) is 48.0 Å². The summed E-state index contributed by atoms with van der Waals surface area (Å²) >= 11 is 0. The zero-order chi connectivity index (χ0) is 19.5. The summed E-state index contributed by atoms with van der Waals surface area (Å²) in [5, 5.41) is 12.4. The second-order valence-electron chi connectivity index (χ2n) is 7.22. The van der Waals surface area contributed by atoms with Crippen LogP contribution in [0.2, 0.25) is 0 Å². The van der Waals surface area contributed by atoms with Gasteiger partial charge in [0.05, 0.1) is 12.1 Å². The Bertz CT molecular complexity index is 997. The van der Waals surface area contributed by atoms with Crippen LogP contribution in [0.25, 0.3) is 10.9 Å². The number of nitrogens with zero attached hydrogens (tertiary/aromatic N) is 6. The number of aryl methyl sites for hydroxylation is 1. The van der Waals surface area contributed by atoms with Crippen molar-refractivity contribution >= 4 is 46.7 Å². The van der Waals surface area contributed by atoms with Crippen LogP contribution in [0.3, 0.4) is 0 Å². The Hall–Kier alpha value is -2.43. The number of rotatable bonds is 4. The Morgan fingerprint density at radius 2 is 2.14 bits per heavy atom. The molecular formula is C20H27IN8. The van der Waals surface area contributed by atoms with Gasteiger partial charge < -0.3 is 15.5 Å². The number of hydrogen-bond acceptors (Lipinski definition) is 5. The molecule has 0 amide bonds. The van der Waals surface area contributed by atoms with Gasteiger partial charge in [-0.1, -0.05) is 18.2 Å². The Morgan fingerprint density at radius 3 is 2.93 bits per heavy atom. The highest BCUT2D eigenvalue weighted by molar-refractivity contribution is 14.0. The highest BCUT2D eigenvalue weighted by atomic mass is 127. The van der Waals surface area contributed by atoms with Crippen molar-refractivity contribution in [1.29, 1.82) is 0 Å². The number of aromatic nitrogens is 4. The molecular weight excluding hydrogens is 479 g/mol. The van der Waals surface area contributed by atoms with Gasteiger partial charge in [-0.2, -0.15) is 5.10 Å². The van der Waals surface area contributed by atoms with Crippen LogP contribution in [0.5, 0.6) is 0 Å². The Morgan fingerprint density at radius 1 is 1.31 bits per heavy atom. The molecule has 3 heterocycles. The summed E-state index contributed by atoms with van der Waals surface area (Å²) in [5.41, 5.74) is 2.19. The minimum absolute atomic E-state index is 0. The molecule has 1 aliphatic heterocycles. The number of halogens is 1. The maximum atomic E-state index is 4.73. The predicted octanol–water partition coefficient (Wildman–Crippen LogP) is 2.19. The van der Waals surface area contributed by atoms with Crippen molar-refractivity contribution in [3.63, 3.8) is 0 Å². The molecule has 1 unspecified atom stereocenters. The highest BCUT2D eigenvalue weighted by Gasteiger charge is 2.20. The first-order chi connectivity index (χ1) is 13.6. The molecule has 1 aromatic carbocycles. The fraction of sp³-hybridized carbons (Fsp3) is 0.400. The van der Waals surface area contributed by atoms with E-state index < -0.39 is 0 Å². The van der Waals surface area contributed by atoms with Gasteiger partial charge in [-0.25, -0.2) is 14.6 Å². The fourth-order valence-corrected chi connectivity index (χ4v) is 3.53. The molecule has 2 N–H and O–H groups in total. The number of nitrogens with one attached hydrogen (secondary N) is 2. The SMILES string of the molecule is CN=C(NCc1cc(N(C)C)nc2ccccc12)NC1CCc2ncnn2C1.I. The number of fused-ring (bicyclic) bond motifs is 2. The third kappa shape index (κ3) is 4.77. The van der Waals surface area contributed by atoms with Crippen LogP contribution in [0, 0.1) is 0 Å². The van der Waals surface area contributed by atoms with Crippen molar-refractivity contribution in [2.24, 2.45) is 4.99 Å². The maximum absolute atomic E-state index is 4.73. The molecule has 0 radical (unpaired) electrons. The van der Waals surface area contributed by atoms with E-state index in [9.17, 15) is 0 Å². The first kappa shape index (κ1) is 21.3. The zero-order valence-electron chi connectivity index (χ0n) is 17.0. The van der Waals surface area contributed by atoms with Gasteiger partial charge in [0.1, 0.15) is 18.0 Å². The number of guanidine groups is 1. The zero-order valence-corrected chi connectivity index (χ0v) is 19.3. The second kappa shape index (κ2) is 9.38. The first-order valence-electron chi connectivity index (χ1n) is 9.54. The summed E-state index contributed by atoms with van der Waals surface area (Å²) < 4.78 is 1.97. The molecule has 2 aromatic heterocycles. The molecule has 0 spiro atoms. The average Bonchev–Trinajstić information content (AvgIpc) is 3.18. The van der Waals surface area contributed by atoms with E-state index in [4.69, 9.17) is 4.98 Å². The predicted molar refractivity (Wildman–Crippen MR) is 127 cm³/mol. The van der Waals surface area contributed by atoms with Crippen molar-refractivity contribution in [3.8, 4) is 0 Å². The van der Waals surface area contributed by atoms with Crippen molar-refractivity contribution < 1.29 is 0 Å². The Balaban J connectivity index is 0.00000240. The lowest BCUT2D eigenvalue weighted by atomic mass is 10.1. The number of benzene rings is 1. The average molecular weight is 506 g/mol. The van der Waals surface area contributed by atoms with Gasteiger partial charge in [0.25, 0.3) is 0 Å². The minimum atomic E-state index is 0. The summed E-state index contributed by atoms with van der Waals surface area (Å²) in [7, 11) is 5.82. The smallest absolute Gasteiger partial charge is 0.191 e.